The molecule has 0 saturated heterocycles. The van der Waals surface area contributed by atoms with Crippen LogP contribution in [0.15, 0.2) is 53.5 Å². The first-order valence-corrected chi connectivity index (χ1v) is 10.1. The van der Waals surface area contributed by atoms with Crippen molar-refractivity contribution in [2.24, 2.45) is 0 Å². The number of fused-ring (bicyclic) bond motifs is 2. The Hall–Kier alpha value is -3.65. The summed E-state index contributed by atoms with van der Waals surface area (Å²) in [6.07, 6.45) is 1.98. The number of methoxy groups -OCH3 is 1. The first-order chi connectivity index (χ1) is 15.0. The number of carbonyl (C=O) groups excluding carboxylic acids is 1. The van der Waals surface area contributed by atoms with Crippen molar-refractivity contribution in [1.29, 1.82) is 0 Å². The van der Waals surface area contributed by atoms with Gasteiger partial charge in [0.15, 0.2) is 5.65 Å². The summed E-state index contributed by atoms with van der Waals surface area (Å²) >= 11 is 6.30. The molecule has 1 amide bonds. The Morgan fingerprint density at radius 1 is 1.23 bits per heavy atom. The lowest BCUT2D eigenvalue weighted by Crippen LogP contribution is -2.40. The maximum atomic E-state index is 13.2. The van der Waals surface area contributed by atoms with E-state index in [0.29, 0.717) is 52.0 Å². The molecule has 0 saturated carbocycles. The number of aromatic amines is 1. The fourth-order valence-corrected chi connectivity index (χ4v) is 4.02. The van der Waals surface area contributed by atoms with Crippen LogP contribution in [0, 0.1) is 0 Å². The molecule has 0 aliphatic carbocycles. The van der Waals surface area contributed by atoms with Crippen LogP contribution in [0.4, 0.5) is 0 Å². The predicted octanol–water partition coefficient (Wildman–Crippen LogP) is 2.95. The molecule has 5 rings (SSSR count). The molecule has 4 heterocycles. The van der Waals surface area contributed by atoms with Crippen LogP contribution >= 0.6 is 11.6 Å². The van der Waals surface area contributed by atoms with Crippen LogP contribution in [-0.4, -0.2) is 44.0 Å². The van der Waals surface area contributed by atoms with Gasteiger partial charge in [0.1, 0.15) is 0 Å². The summed E-state index contributed by atoms with van der Waals surface area (Å²) < 4.78 is 6.44. The first kappa shape index (κ1) is 19.3. The Morgan fingerprint density at radius 2 is 2.06 bits per heavy atom. The van der Waals surface area contributed by atoms with Crippen molar-refractivity contribution >= 4 is 23.2 Å². The van der Waals surface area contributed by atoms with Gasteiger partial charge in [0.2, 0.25) is 5.88 Å². The van der Waals surface area contributed by atoms with Gasteiger partial charge in [0, 0.05) is 41.9 Å². The Bertz CT molecular complexity index is 1360. The van der Waals surface area contributed by atoms with E-state index in [1.54, 1.807) is 23.1 Å². The molecular formula is C22H18ClN5O3. The molecule has 0 spiro atoms. The number of nitrogens with one attached hydrogen (secondary N) is 1. The molecule has 1 aliphatic heterocycles. The zero-order valence-corrected chi connectivity index (χ0v) is 17.4. The number of aromatic nitrogens is 4. The van der Waals surface area contributed by atoms with Crippen LogP contribution < -0.4 is 10.3 Å². The highest BCUT2D eigenvalue weighted by Crippen LogP contribution is 2.27. The molecule has 8 nitrogen and oxygen atoms in total. The lowest BCUT2D eigenvalue weighted by Gasteiger charge is -2.27. The van der Waals surface area contributed by atoms with Crippen molar-refractivity contribution in [3.63, 3.8) is 0 Å². The molecule has 0 bridgehead atoms. The quantitative estimate of drug-likeness (QED) is 0.534. The number of amides is 1. The van der Waals surface area contributed by atoms with Gasteiger partial charge in [-0.1, -0.05) is 29.8 Å². The van der Waals surface area contributed by atoms with Gasteiger partial charge in [0.25, 0.3) is 11.5 Å². The lowest BCUT2D eigenvalue weighted by atomic mass is 10.1. The van der Waals surface area contributed by atoms with Crippen molar-refractivity contribution in [2.75, 3.05) is 13.7 Å². The minimum atomic E-state index is -0.219. The van der Waals surface area contributed by atoms with Crippen LogP contribution in [0.2, 0.25) is 5.02 Å². The molecule has 31 heavy (non-hydrogen) atoms. The van der Waals surface area contributed by atoms with Crippen LogP contribution in [0.5, 0.6) is 5.88 Å². The second-order valence-corrected chi connectivity index (χ2v) is 7.66. The van der Waals surface area contributed by atoms with Gasteiger partial charge in [-0.2, -0.15) is 0 Å². The average molecular weight is 436 g/mol. The molecule has 1 N–H and O–H groups in total. The van der Waals surface area contributed by atoms with Gasteiger partial charge in [-0.15, -0.1) is 0 Å². The van der Waals surface area contributed by atoms with E-state index < -0.39 is 0 Å². The lowest BCUT2D eigenvalue weighted by molar-refractivity contribution is 0.0732. The third-order valence-corrected chi connectivity index (χ3v) is 5.73. The number of ether oxygens (including phenoxy) is 1. The van der Waals surface area contributed by atoms with Gasteiger partial charge in [-0.05, 0) is 12.1 Å². The maximum absolute atomic E-state index is 13.2. The van der Waals surface area contributed by atoms with Gasteiger partial charge in [0.05, 0.1) is 36.2 Å². The minimum Gasteiger partial charge on any atom is -0.481 e. The summed E-state index contributed by atoms with van der Waals surface area (Å²) in [7, 11) is 1.52. The largest absolute Gasteiger partial charge is 0.481 e. The van der Waals surface area contributed by atoms with Crippen molar-refractivity contribution in [3.8, 4) is 17.1 Å². The second-order valence-electron chi connectivity index (χ2n) is 7.25. The summed E-state index contributed by atoms with van der Waals surface area (Å²) in [5.74, 6) is 0.250. The smallest absolute Gasteiger partial charge is 0.277 e. The van der Waals surface area contributed by atoms with Gasteiger partial charge < -0.3 is 9.64 Å². The molecule has 0 radical (unpaired) electrons. The Morgan fingerprint density at radius 3 is 2.81 bits per heavy atom. The van der Waals surface area contributed by atoms with Gasteiger partial charge in [-0.25, -0.2) is 14.5 Å². The molecule has 9 heteroatoms. The Kier molecular flexibility index (Phi) is 4.71. The number of halogens is 1. The van der Waals surface area contributed by atoms with Crippen molar-refractivity contribution < 1.29 is 9.53 Å². The van der Waals surface area contributed by atoms with E-state index in [4.69, 9.17) is 16.3 Å². The number of rotatable bonds is 3. The number of hydrogen-bond donors (Lipinski definition) is 1. The monoisotopic (exact) mass is 435 g/mol. The molecule has 1 aliphatic rings. The molecule has 0 atom stereocenters. The van der Waals surface area contributed by atoms with Crippen LogP contribution in [-0.2, 0) is 13.0 Å². The number of benzene rings is 1. The predicted molar refractivity (Wildman–Crippen MR) is 115 cm³/mol. The standard InChI is InChI=1S/C22H18ClN5O3/c1-31-20-7-6-13(11-24-20)21(29)27-9-8-17-15(12-27)22(30)28-19(25-17)10-18(26-28)14-4-2-3-5-16(14)23/h2-7,10-11,26H,8-9,12H2,1H3. The zero-order chi connectivity index (χ0) is 21.5. The van der Waals surface area contributed by atoms with E-state index in [0.717, 1.165) is 5.56 Å². The van der Waals surface area contributed by atoms with Crippen LogP contribution in [0.25, 0.3) is 16.9 Å². The van der Waals surface area contributed by atoms with Crippen molar-refractivity contribution in [1.82, 2.24) is 24.5 Å². The third kappa shape index (κ3) is 3.34. The molecule has 0 fully saturated rings. The van der Waals surface area contributed by atoms with Crippen LogP contribution in [0.3, 0.4) is 0 Å². The van der Waals surface area contributed by atoms with E-state index in [-0.39, 0.29) is 18.0 Å². The number of carbonyl (C=O) groups is 1. The van der Waals surface area contributed by atoms with E-state index in [9.17, 15) is 9.59 Å². The minimum absolute atomic E-state index is 0.187. The fraction of sp³-hybridized carbons (Fsp3) is 0.182. The highest BCUT2D eigenvalue weighted by atomic mass is 35.5. The number of hydrogen-bond acceptors (Lipinski definition) is 5. The first-order valence-electron chi connectivity index (χ1n) is 9.73. The summed E-state index contributed by atoms with van der Waals surface area (Å²) in [6.45, 7) is 0.664. The van der Waals surface area contributed by atoms with E-state index in [2.05, 4.69) is 15.1 Å². The summed E-state index contributed by atoms with van der Waals surface area (Å²) in [6, 6.07) is 12.5. The third-order valence-electron chi connectivity index (χ3n) is 5.41. The maximum Gasteiger partial charge on any atom is 0.277 e. The highest BCUT2D eigenvalue weighted by molar-refractivity contribution is 6.33. The molecule has 0 unspecified atom stereocenters. The molecular weight excluding hydrogens is 418 g/mol. The average Bonchev–Trinajstić information content (AvgIpc) is 3.23. The van der Waals surface area contributed by atoms with Crippen molar-refractivity contribution in [3.05, 3.63) is 80.9 Å². The molecule has 3 aromatic heterocycles. The Labute approximate surface area is 182 Å². The second kappa shape index (κ2) is 7.55. The van der Waals surface area contributed by atoms with E-state index >= 15 is 0 Å². The Balaban J connectivity index is 1.49. The van der Waals surface area contributed by atoms with E-state index in [1.807, 2.05) is 24.3 Å². The topological polar surface area (TPSA) is 92.6 Å². The normalized spacial score (nSPS) is 13.3. The molecule has 156 valence electrons. The van der Waals surface area contributed by atoms with E-state index in [1.165, 1.54) is 17.8 Å². The number of pyridine rings is 1. The van der Waals surface area contributed by atoms with Crippen molar-refractivity contribution in [2.45, 2.75) is 13.0 Å². The number of H-pyrrole nitrogens is 1. The van der Waals surface area contributed by atoms with Gasteiger partial charge in [-0.3, -0.25) is 14.7 Å². The highest BCUT2D eigenvalue weighted by Gasteiger charge is 2.26. The van der Waals surface area contributed by atoms with Crippen LogP contribution in [0.1, 0.15) is 21.6 Å². The molecule has 4 aromatic rings. The fourth-order valence-electron chi connectivity index (χ4n) is 3.78. The summed E-state index contributed by atoms with van der Waals surface area (Å²) in [4.78, 5) is 36.5. The summed E-state index contributed by atoms with van der Waals surface area (Å²) in [5, 5.41) is 3.67. The SMILES string of the molecule is COc1ccc(C(=O)N2CCc3nc4cc(-c5ccccc5Cl)[nH]n4c(=O)c3C2)cn1. The van der Waals surface area contributed by atoms with Gasteiger partial charge >= 0.3 is 0 Å². The zero-order valence-electron chi connectivity index (χ0n) is 16.6. The summed E-state index contributed by atoms with van der Waals surface area (Å²) in [5.41, 5.74) is 3.46. The number of nitrogens with zero attached hydrogens (tertiary/aromatic N) is 4. The molecule has 1 aromatic carbocycles.